The third kappa shape index (κ3) is 3.74. The first-order valence-electron chi connectivity index (χ1n) is 6.03. The summed E-state index contributed by atoms with van der Waals surface area (Å²) in [5.41, 5.74) is 0.637. The van der Waals surface area contributed by atoms with Crippen LogP contribution in [0.5, 0.6) is 0 Å². The van der Waals surface area contributed by atoms with Crippen LogP contribution in [-0.2, 0) is 10.0 Å². The fraction of sp³-hybridized carbons (Fsp3) is 0.143. The first-order chi connectivity index (χ1) is 9.81. The lowest BCUT2D eigenvalue weighted by atomic mass is 10.1. The predicted octanol–water partition coefficient (Wildman–Crippen LogP) is 4.17. The number of sulfonamides is 1. The minimum Gasteiger partial charge on any atom is -0.207 e. The van der Waals surface area contributed by atoms with E-state index < -0.39 is 16.1 Å². The molecule has 2 aromatic carbocycles. The van der Waals surface area contributed by atoms with Gasteiger partial charge >= 0.3 is 0 Å². The Balaban J connectivity index is 2.29. The second kappa shape index (κ2) is 6.32. The Morgan fingerprint density at radius 2 is 1.71 bits per heavy atom. The van der Waals surface area contributed by atoms with Crippen LogP contribution < -0.4 is 4.72 Å². The molecule has 1 atom stereocenters. The molecule has 0 aromatic heterocycles. The Hall–Kier alpha value is -1.14. The van der Waals surface area contributed by atoms with Crippen molar-refractivity contribution in [1.82, 2.24) is 4.72 Å². The van der Waals surface area contributed by atoms with Gasteiger partial charge in [-0.05, 0) is 36.8 Å². The van der Waals surface area contributed by atoms with Crippen molar-refractivity contribution in [3.63, 3.8) is 0 Å². The maximum absolute atomic E-state index is 12.9. The number of hydrogen-bond donors (Lipinski definition) is 1. The second-order valence-corrected chi connectivity index (χ2v) is 6.91. The fourth-order valence-electron chi connectivity index (χ4n) is 1.81. The number of benzene rings is 2. The molecule has 2 rings (SSSR count). The highest BCUT2D eigenvalue weighted by Gasteiger charge is 2.22. The van der Waals surface area contributed by atoms with Crippen molar-refractivity contribution in [2.75, 3.05) is 0 Å². The predicted molar refractivity (Wildman–Crippen MR) is 81.6 cm³/mol. The summed E-state index contributed by atoms with van der Waals surface area (Å²) in [5, 5.41) is 0.131. The normalized spacial score (nSPS) is 13.1. The molecular formula is C14H12Cl2FNO2S. The fourth-order valence-corrected chi connectivity index (χ4v) is 3.80. The molecule has 0 saturated carbocycles. The summed E-state index contributed by atoms with van der Waals surface area (Å²) in [6.07, 6.45) is 0. The number of rotatable bonds is 4. The quantitative estimate of drug-likeness (QED) is 0.901. The maximum Gasteiger partial charge on any atom is 0.242 e. The molecule has 0 fully saturated rings. The minimum atomic E-state index is -3.83. The van der Waals surface area contributed by atoms with Crippen molar-refractivity contribution in [1.29, 1.82) is 0 Å². The molecule has 2 aromatic rings. The Morgan fingerprint density at radius 1 is 1.10 bits per heavy atom. The molecule has 0 aliphatic heterocycles. The molecule has 3 nitrogen and oxygen atoms in total. The molecule has 0 aliphatic rings. The van der Waals surface area contributed by atoms with E-state index in [0.29, 0.717) is 5.56 Å². The third-order valence-electron chi connectivity index (χ3n) is 2.91. The van der Waals surface area contributed by atoms with Gasteiger partial charge in [0.25, 0.3) is 0 Å². The molecule has 0 bridgehead atoms. The van der Waals surface area contributed by atoms with Crippen LogP contribution in [0.25, 0.3) is 0 Å². The van der Waals surface area contributed by atoms with Gasteiger partial charge in [-0.3, -0.25) is 0 Å². The summed E-state index contributed by atoms with van der Waals surface area (Å²) in [5.74, 6) is -0.383. The van der Waals surface area contributed by atoms with Gasteiger partial charge in [-0.1, -0.05) is 41.4 Å². The zero-order chi connectivity index (χ0) is 15.6. The second-order valence-electron chi connectivity index (χ2n) is 4.45. The van der Waals surface area contributed by atoms with E-state index in [9.17, 15) is 12.8 Å². The zero-order valence-corrected chi connectivity index (χ0v) is 13.3. The smallest absolute Gasteiger partial charge is 0.207 e. The summed E-state index contributed by atoms with van der Waals surface area (Å²) < 4.78 is 40.0. The van der Waals surface area contributed by atoms with E-state index in [0.717, 1.165) is 0 Å². The van der Waals surface area contributed by atoms with Crippen LogP contribution in [0.15, 0.2) is 47.4 Å². The molecule has 0 heterocycles. The van der Waals surface area contributed by atoms with Crippen LogP contribution in [0.2, 0.25) is 10.0 Å². The monoisotopic (exact) mass is 347 g/mol. The molecule has 1 N–H and O–H groups in total. The van der Waals surface area contributed by atoms with Crippen molar-refractivity contribution in [2.45, 2.75) is 17.9 Å². The molecule has 1 unspecified atom stereocenters. The van der Waals surface area contributed by atoms with Crippen LogP contribution in [0.4, 0.5) is 4.39 Å². The van der Waals surface area contributed by atoms with E-state index in [4.69, 9.17) is 23.2 Å². The van der Waals surface area contributed by atoms with Crippen molar-refractivity contribution in [3.05, 3.63) is 63.9 Å². The van der Waals surface area contributed by atoms with Gasteiger partial charge in [-0.2, -0.15) is 0 Å². The summed E-state index contributed by atoms with van der Waals surface area (Å²) in [6, 6.07) is 9.42. The number of hydrogen-bond acceptors (Lipinski definition) is 2. The first kappa shape index (κ1) is 16.2. The van der Waals surface area contributed by atoms with Crippen molar-refractivity contribution in [3.8, 4) is 0 Å². The topological polar surface area (TPSA) is 46.2 Å². The number of halogens is 3. The van der Waals surface area contributed by atoms with E-state index in [1.807, 2.05) is 0 Å². The Morgan fingerprint density at radius 3 is 2.33 bits per heavy atom. The van der Waals surface area contributed by atoms with Crippen LogP contribution in [0, 0.1) is 5.82 Å². The van der Waals surface area contributed by atoms with Gasteiger partial charge in [-0.15, -0.1) is 0 Å². The molecule has 0 amide bonds. The molecule has 0 spiro atoms. The average Bonchev–Trinajstić information content (AvgIpc) is 2.41. The van der Waals surface area contributed by atoms with Crippen molar-refractivity contribution in [2.24, 2.45) is 0 Å². The highest BCUT2D eigenvalue weighted by atomic mass is 35.5. The molecule has 7 heteroatoms. The Labute approximate surface area is 132 Å². The van der Waals surface area contributed by atoms with E-state index in [1.54, 1.807) is 6.92 Å². The van der Waals surface area contributed by atoms with Crippen LogP contribution >= 0.6 is 23.2 Å². The first-order valence-corrected chi connectivity index (χ1v) is 8.27. The van der Waals surface area contributed by atoms with E-state index >= 15 is 0 Å². The van der Waals surface area contributed by atoms with Gasteiger partial charge in [-0.25, -0.2) is 17.5 Å². The maximum atomic E-state index is 12.9. The van der Waals surface area contributed by atoms with Gasteiger partial charge in [0.15, 0.2) is 0 Å². The van der Waals surface area contributed by atoms with Gasteiger partial charge in [0.2, 0.25) is 10.0 Å². The van der Waals surface area contributed by atoms with E-state index in [1.165, 1.54) is 42.5 Å². The van der Waals surface area contributed by atoms with Crippen LogP contribution in [0.3, 0.4) is 0 Å². The Kier molecular flexibility index (Phi) is 4.88. The summed E-state index contributed by atoms with van der Waals surface area (Å²) >= 11 is 11.8. The minimum absolute atomic E-state index is 0.0297. The Bertz CT molecular complexity index is 748. The van der Waals surface area contributed by atoms with Gasteiger partial charge in [0.05, 0.1) is 10.0 Å². The summed E-state index contributed by atoms with van der Waals surface area (Å²) in [4.78, 5) is -0.0920. The lowest BCUT2D eigenvalue weighted by molar-refractivity contribution is 0.566. The molecule has 112 valence electrons. The van der Waals surface area contributed by atoms with Gasteiger partial charge in [0, 0.05) is 6.04 Å². The van der Waals surface area contributed by atoms with Gasteiger partial charge in [0.1, 0.15) is 10.7 Å². The van der Waals surface area contributed by atoms with Crippen LogP contribution in [-0.4, -0.2) is 8.42 Å². The molecule has 21 heavy (non-hydrogen) atoms. The standard InChI is InChI=1S/C14H12Cl2FNO2S/c1-9(10-5-7-11(17)8-6-10)18-21(19,20)13-4-2-3-12(15)14(13)16/h2-9,18H,1H3. The zero-order valence-electron chi connectivity index (χ0n) is 11.0. The van der Waals surface area contributed by atoms with Crippen LogP contribution in [0.1, 0.15) is 18.5 Å². The third-order valence-corrected chi connectivity index (χ3v) is 5.42. The largest absolute Gasteiger partial charge is 0.242 e. The number of nitrogens with one attached hydrogen (secondary N) is 1. The SMILES string of the molecule is CC(NS(=O)(=O)c1cccc(Cl)c1Cl)c1ccc(F)cc1. The molecule has 0 saturated heterocycles. The highest BCUT2D eigenvalue weighted by Crippen LogP contribution is 2.29. The van der Waals surface area contributed by atoms with Gasteiger partial charge < -0.3 is 0 Å². The average molecular weight is 348 g/mol. The lowest BCUT2D eigenvalue weighted by Gasteiger charge is -2.15. The van der Waals surface area contributed by atoms with Crippen molar-refractivity contribution >= 4 is 33.2 Å². The molecule has 0 aliphatic carbocycles. The lowest BCUT2D eigenvalue weighted by Crippen LogP contribution is -2.27. The molecular weight excluding hydrogens is 336 g/mol. The highest BCUT2D eigenvalue weighted by molar-refractivity contribution is 7.89. The van der Waals surface area contributed by atoms with E-state index in [2.05, 4.69) is 4.72 Å². The summed E-state index contributed by atoms with van der Waals surface area (Å²) in [7, 11) is -3.83. The van der Waals surface area contributed by atoms with E-state index in [-0.39, 0.29) is 20.8 Å². The van der Waals surface area contributed by atoms with Crippen molar-refractivity contribution < 1.29 is 12.8 Å². The molecule has 0 radical (unpaired) electrons. The summed E-state index contributed by atoms with van der Waals surface area (Å²) in [6.45, 7) is 1.66.